The number of ether oxygens (including phenoxy) is 1. The molecule has 3 heteroatoms. The molecular formula is C14H13NO2. The maximum atomic E-state index is 11.8. The Bertz CT molecular complexity index is 509. The quantitative estimate of drug-likeness (QED) is 0.757. The Labute approximate surface area is 100 Å². The monoisotopic (exact) mass is 227 g/mol. The highest BCUT2D eigenvalue weighted by Gasteiger charge is 2.09. The number of carbonyl (C=O) groups is 1. The maximum Gasteiger partial charge on any atom is 0.338 e. The van der Waals surface area contributed by atoms with Gasteiger partial charge in [0.25, 0.3) is 0 Å². The van der Waals surface area contributed by atoms with Crippen molar-refractivity contribution in [3.63, 3.8) is 0 Å². The third-order valence-corrected chi connectivity index (χ3v) is 2.45. The number of nitrogens with zero attached hydrogens (tertiary/aromatic N) is 1. The summed E-state index contributed by atoms with van der Waals surface area (Å²) >= 11 is 0. The lowest BCUT2D eigenvalue weighted by Gasteiger charge is -2.06. The predicted molar refractivity (Wildman–Crippen MR) is 64.5 cm³/mol. The number of carbonyl (C=O) groups excluding carboxylic acids is 1. The van der Waals surface area contributed by atoms with Crippen LogP contribution in [-0.2, 0) is 11.3 Å². The highest BCUT2D eigenvalue weighted by molar-refractivity contribution is 5.90. The third kappa shape index (κ3) is 2.91. The van der Waals surface area contributed by atoms with E-state index in [9.17, 15) is 4.79 Å². The van der Waals surface area contributed by atoms with Crippen LogP contribution in [0.2, 0.25) is 0 Å². The van der Waals surface area contributed by atoms with E-state index in [1.807, 2.05) is 37.3 Å². The lowest BCUT2D eigenvalue weighted by molar-refractivity contribution is 0.0471. The molecular weight excluding hydrogens is 214 g/mol. The van der Waals surface area contributed by atoms with Crippen molar-refractivity contribution in [1.82, 2.24) is 4.98 Å². The number of benzene rings is 1. The number of hydrogen-bond donors (Lipinski definition) is 0. The number of pyridine rings is 1. The van der Waals surface area contributed by atoms with Gasteiger partial charge >= 0.3 is 5.97 Å². The molecule has 0 aliphatic rings. The van der Waals surface area contributed by atoms with Gasteiger partial charge in [-0.1, -0.05) is 30.3 Å². The average molecular weight is 227 g/mol. The third-order valence-electron chi connectivity index (χ3n) is 2.45. The van der Waals surface area contributed by atoms with E-state index >= 15 is 0 Å². The molecule has 0 atom stereocenters. The van der Waals surface area contributed by atoms with Crippen LogP contribution in [0.4, 0.5) is 0 Å². The van der Waals surface area contributed by atoms with E-state index in [2.05, 4.69) is 4.98 Å². The van der Waals surface area contributed by atoms with Crippen LogP contribution in [0.3, 0.4) is 0 Å². The summed E-state index contributed by atoms with van der Waals surface area (Å²) < 4.78 is 5.23. The molecule has 0 fully saturated rings. The molecule has 86 valence electrons. The van der Waals surface area contributed by atoms with Crippen molar-refractivity contribution < 1.29 is 9.53 Å². The zero-order valence-corrected chi connectivity index (χ0v) is 9.59. The van der Waals surface area contributed by atoms with Crippen molar-refractivity contribution >= 4 is 5.97 Å². The molecule has 2 rings (SSSR count). The maximum absolute atomic E-state index is 11.8. The molecule has 0 radical (unpaired) electrons. The van der Waals surface area contributed by atoms with Gasteiger partial charge in [0.15, 0.2) is 0 Å². The molecule has 0 bridgehead atoms. The van der Waals surface area contributed by atoms with Gasteiger partial charge in [-0.15, -0.1) is 0 Å². The normalized spacial score (nSPS) is 9.94. The Kier molecular flexibility index (Phi) is 3.50. The van der Waals surface area contributed by atoms with Gasteiger partial charge in [0.05, 0.1) is 5.56 Å². The van der Waals surface area contributed by atoms with Gasteiger partial charge in [-0.2, -0.15) is 0 Å². The van der Waals surface area contributed by atoms with E-state index in [0.717, 1.165) is 11.1 Å². The topological polar surface area (TPSA) is 39.2 Å². The summed E-state index contributed by atoms with van der Waals surface area (Å²) in [4.78, 5) is 15.7. The molecule has 0 amide bonds. The first-order valence-corrected chi connectivity index (χ1v) is 5.39. The first-order chi connectivity index (χ1) is 8.27. The summed E-state index contributed by atoms with van der Waals surface area (Å²) in [6.07, 6.45) is 3.24. The first-order valence-electron chi connectivity index (χ1n) is 5.39. The molecule has 1 heterocycles. The Balaban J connectivity index is 2.01. The van der Waals surface area contributed by atoms with Gasteiger partial charge in [0.1, 0.15) is 6.61 Å². The minimum Gasteiger partial charge on any atom is -0.457 e. The zero-order valence-electron chi connectivity index (χ0n) is 9.59. The summed E-state index contributed by atoms with van der Waals surface area (Å²) in [5.41, 5.74) is 2.37. The molecule has 0 saturated heterocycles. The van der Waals surface area contributed by atoms with Crippen LogP contribution < -0.4 is 0 Å². The molecule has 1 aromatic heterocycles. The van der Waals surface area contributed by atoms with Gasteiger partial charge < -0.3 is 4.74 Å². The smallest absolute Gasteiger partial charge is 0.338 e. The predicted octanol–water partition coefficient (Wildman–Crippen LogP) is 2.75. The first kappa shape index (κ1) is 11.3. The standard InChI is InChI=1S/C14H13NO2/c1-11-9-15-8-7-13(11)14(16)17-10-12-5-3-2-4-6-12/h2-9H,10H2,1H3. The van der Waals surface area contributed by atoms with E-state index in [4.69, 9.17) is 4.74 Å². The molecule has 0 saturated carbocycles. The summed E-state index contributed by atoms with van der Waals surface area (Å²) in [6.45, 7) is 2.13. The van der Waals surface area contributed by atoms with Crippen LogP contribution >= 0.6 is 0 Å². The molecule has 17 heavy (non-hydrogen) atoms. The number of aryl methyl sites for hydroxylation is 1. The Morgan fingerprint density at radius 2 is 2.00 bits per heavy atom. The highest BCUT2D eigenvalue weighted by Crippen LogP contribution is 2.09. The summed E-state index contributed by atoms with van der Waals surface area (Å²) in [5.74, 6) is -0.311. The van der Waals surface area contributed by atoms with Gasteiger partial charge in [0.2, 0.25) is 0 Å². The van der Waals surface area contributed by atoms with Crippen molar-refractivity contribution in [2.24, 2.45) is 0 Å². The Morgan fingerprint density at radius 3 is 2.71 bits per heavy atom. The van der Waals surface area contributed by atoms with Crippen molar-refractivity contribution in [2.75, 3.05) is 0 Å². The molecule has 0 aliphatic heterocycles. The largest absolute Gasteiger partial charge is 0.457 e. The van der Waals surface area contributed by atoms with Crippen molar-refractivity contribution in [3.05, 3.63) is 65.5 Å². The number of aromatic nitrogens is 1. The molecule has 1 aromatic carbocycles. The van der Waals surface area contributed by atoms with E-state index in [0.29, 0.717) is 12.2 Å². The fourth-order valence-electron chi connectivity index (χ4n) is 1.50. The van der Waals surface area contributed by atoms with E-state index in [-0.39, 0.29) is 5.97 Å². The second-order valence-corrected chi connectivity index (χ2v) is 3.75. The van der Waals surface area contributed by atoms with Gasteiger partial charge in [-0.25, -0.2) is 4.79 Å². The fourth-order valence-corrected chi connectivity index (χ4v) is 1.50. The summed E-state index contributed by atoms with van der Waals surface area (Å²) in [6, 6.07) is 11.3. The van der Waals surface area contributed by atoms with Crippen LogP contribution in [-0.4, -0.2) is 11.0 Å². The van der Waals surface area contributed by atoms with Gasteiger partial charge in [0, 0.05) is 12.4 Å². The number of esters is 1. The Morgan fingerprint density at radius 1 is 1.24 bits per heavy atom. The van der Waals surface area contributed by atoms with Crippen LogP contribution in [0.5, 0.6) is 0 Å². The molecule has 0 N–H and O–H groups in total. The number of hydrogen-bond acceptors (Lipinski definition) is 3. The molecule has 0 spiro atoms. The fraction of sp³-hybridized carbons (Fsp3) is 0.143. The van der Waals surface area contributed by atoms with Crippen molar-refractivity contribution in [1.29, 1.82) is 0 Å². The van der Waals surface area contributed by atoms with Crippen molar-refractivity contribution in [2.45, 2.75) is 13.5 Å². The van der Waals surface area contributed by atoms with Crippen LogP contribution in [0.25, 0.3) is 0 Å². The van der Waals surface area contributed by atoms with Gasteiger partial charge in [-0.05, 0) is 24.1 Å². The van der Waals surface area contributed by atoms with Crippen LogP contribution in [0.15, 0.2) is 48.8 Å². The summed E-state index contributed by atoms with van der Waals surface area (Å²) in [7, 11) is 0. The zero-order chi connectivity index (χ0) is 12.1. The molecule has 2 aromatic rings. The highest BCUT2D eigenvalue weighted by atomic mass is 16.5. The van der Waals surface area contributed by atoms with E-state index in [1.165, 1.54) is 0 Å². The Hall–Kier alpha value is -2.16. The minimum absolute atomic E-state index is 0.293. The van der Waals surface area contributed by atoms with Crippen LogP contribution in [0, 0.1) is 6.92 Å². The second kappa shape index (κ2) is 5.25. The van der Waals surface area contributed by atoms with E-state index in [1.54, 1.807) is 18.5 Å². The SMILES string of the molecule is Cc1cnccc1C(=O)OCc1ccccc1. The van der Waals surface area contributed by atoms with Crippen LogP contribution in [0.1, 0.15) is 21.5 Å². The summed E-state index contributed by atoms with van der Waals surface area (Å²) in [5, 5.41) is 0. The number of rotatable bonds is 3. The average Bonchev–Trinajstić information content (AvgIpc) is 2.38. The molecule has 0 unspecified atom stereocenters. The minimum atomic E-state index is -0.311. The van der Waals surface area contributed by atoms with Gasteiger partial charge in [-0.3, -0.25) is 4.98 Å². The lowest BCUT2D eigenvalue weighted by atomic mass is 10.1. The van der Waals surface area contributed by atoms with E-state index < -0.39 is 0 Å². The molecule has 3 nitrogen and oxygen atoms in total. The lowest BCUT2D eigenvalue weighted by Crippen LogP contribution is -2.07. The molecule has 0 aliphatic carbocycles. The van der Waals surface area contributed by atoms with Crippen molar-refractivity contribution in [3.8, 4) is 0 Å². The second-order valence-electron chi connectivity index (χ2n) is 3.75.